The van der Waals surface area contributed by atoms with E-state index in [4.69, 9.17) is 4.74 Å². The van der Waals surface area contributed by atoms with Gasteiger partial charge in [-0.3, -0.25) is 4.79 Å². The number of benzene rings is 1. The maximum absolute atomic E-state index is 12.9. The second-order valence-corrected chi connectivity index (χ2v) is 4.52. The number of ketones is 1. The third-order valence-corrected chi connectivity index (χ3v) is 3.46. The first-order valence-corrected chi connectivity index (χ1v) is 5.58. The zero-order valence-corrected chi connectivity index (χ0v) is 10.1. The minimum atomic E-state index is -4.48. The lowest BCUT2D eigenvalue weighted by Gasteiger charge is -2.20. The summed E-state index contributed by atoms with van der Waals surface area (Å²) in [6.07, 6.45) is -3.31. The molecule has 1 aromatic rings. The van der Waals surface area contributed by atoms with Crippen LogP contribution in [0.4, 0.5) is 13.2 Å². The number of carbonyl (C=O) groups excluding carboxylic acids is 1. The van der Waals surface area contributed by atoms with E-state index in [9.17, 15) is 18.0 Å². The van der Waals surface area contributed by atoms with Crippen molar-refractivity contribution in [3.63, 3.8) is 0 Å². The van der Waals surface area contributed by atoms with Crippen LogP contribution in [-0.4, -0.2) is 12.9 Å². The number of halogens is 3. The number of alkyl halides is 3. The highest BCUT2D eigenvalue weighted by Crippen LogP contribution is 2.54. The van der Waals surface area contributed by atoms with Crippen molar-refractivity contribution in [1.82, 2.24) is 0 Å². The van der Waals surface area contributed by atoms with Gasteiger partial charge in [-0.25, -0.2) is 0 Å². The van der Waals surface area contributed by atoms with E-state index in [0.717, 1.165) is 6.07 Å². The van der Waals surface area contributed by atoms with Crippen LogP contribution in [-0.2, 0) is 16.4 Å². The third kappa shape index (κ3) is 1.87. The van der Waals surface area contributed by atoms with Gasteiger partial charge in [-0.1, -0.05) is 12.1 Å². The van der Waals surface area contributed by atoms with Gasteiger partial charge in [0.15, 0.2) is 0 Å². The molecular formula is C13H13F3O2. The molecule has 1 aliphatic carbocycles. The van der Waals surface area contributed by atoms with Crippen LogP contribution in [0.2, 0.25) is 0 Å². The van der Waals surface area contributed by atoms with E-state index in [0.29, 0.717) is 18.4 Å². The Kier molecular flexibility index (Phi) is 2.87. The Morgan fingerprint density at radius 2 is 1.94 bits per heavy atom. The predicted octanol–water partition coefficient (Wildman–Crippen LogP) is 3.33. The summed E-state index contributed by atoms with van der Waals surface area (Å²) in [6.45, 7) is 1.41. The molecule has 0 N–H and O–H groups in total. The highest BCUT2D eigenvalue weighted by Gasteiger charge is 2.51. The zero-order valence-electron chi connectivity index (χ0n) is 10.1. The first kappa shape index (κ1) is 12.9. The normalized spacial score (nSPS) is 17.4. The number of para-hydroxylation sites is 1. The Morgan fingerprint density at radius 3 is 2.33 bits per heavy atom. The first-order valence-electron chi connectivity index (χ1n) is 5.58. The molecule has 2 rings (SSSR count). The highest BCUT2D eigenvalue weighted by atomic mass is 19.4. The molecule has 0 radical (unpaired) electrons. The van der Waals surface area contributed by atoms with Crippen molar-refractivity contribution in [1.29, 1.82) is 0 Å². The molecule has 0 aliphatic heterocycles. The smallest absolute Gasteiger partial charge is 0.419 e. The summed E-state index contributed by atoms with van der Waals surface area (Å²) in [7, 11) is 1.20. The van der Waals surface area contributed by atoms with Crippen molar-refractivity contribution in [3.8, 4) is 5.75 Å². The maximum atomic E-state index is 12.9. The Bertz CT molecular complexity index is 487. The molecule has 18 heavy (non-hydrogen) atoms. The Balaban J connectivity index is 2.60. The molecule has 1 aromatic carbocycles. The number of methoxy groups -OCH3 is 1. The van der Waals surface area contributed by atoms with Crippen LogP contribution in [0, 0.1) is 0 Å². The molecule has 0 spiro atoms. The molecule has 0 amide bonds. The number of carbonyl (C=O) groups is 1. The van der Waals surface area contributed by atoms with Crippen LogP contribution in [0.1, 0.15) is 30.9 Å². The fraction of sp³-hybridized carbons (Fsp3) is 0.462. The molecule has 0 atom stereocenters. The SMILES string of the molecule is COc1c(C(F)(F)F)cccc1C1(C(C)=O)CC1. The Labute approximate surface area is 103 Å². The summed E-state index contributed by atoms with van der Waals surface area (Å²) in [5.74, 6) is -0.335. The van der Waals surface area contributed by atoms with Crippen LogP contribution in [0.5, 0.6) is 5.75 Å². The highest BCUT2D eigenvalue weighted by molar-refractivity contribution is 5.92. The average Bonchev–Trinajstić information content (AvgIpc) is 3.07. The Morgan fingerprint density at radius 1 is 1.33 bits per heavy atom. The van der Waals surface area contributed by atoms with Crippen LogP contribution in [0.15, 0.2) is 18.2 Å². The average molecular weight is 258 g/mol. The summed E-state index contributed by atoms with van der Waals surface area (Å²) in [5, 5.41) is 0. The monoisotopic (exact) mass is 258 g/mol. The van der Waals surface area contributed by atoms with E-state index in [-0.39, 0.29) is 11.5 Å². The van der Waals surface area contributed by atoms with E-state index in [1.54, 1.807) is 6.07 Å². The van der Waals surface area contributed by atoms with Gasteiger partial charge in [0, 0.05) is 5.56 Å². The van der Waals surface area contributed by atoms with Gasteiger partial charge >= 0.3 is 6.18 Å². The van der Waals surface area contributed by atoms with Crippen molar-refractivity contribution in [3.05, 3.63) is 29.3 Å². The summed E-state index contributed by atoms with van der Waals surface area (Å²) in [4.78, 5) is 11.6. The lowest BCUT2D eigenvalue weighted by molar-refractivity contribution is -0.139. The van der Waals surface area contributed by atoms with Gasteiger partial charge in [0.1, 0.15) is 11.5 Å². The molecule has 98 valence electrons. The van der Waals surface area contributed by atoms with Gasteiger partial charge in [0.05, 0.1) is 18.1 Å². The third-order valence-electron chi connectivity index (χ3n) is 3.46. The summed E-state index contributed by atoms with van der Waals surface area (Å²) < 4.78 is 43.5. The minimum Gasteiger partial charge on any atom is -0.496 e. The van der Waals surface area contributed by atoms with Gasteiger partial charge in [-0.05, 0) is 25.8 Å². The van der Waals surface area contributed by atoms with Crippen molar-refractivity contribution in [2.24, 2.45) is 0 Å². The van der Waals surface area contributed by atoms with Gasteiger partial charge in [0.2, 0.25) is 0 Å². The van der Waals surface area contributed by atoms with Crippen molar-refractivity contribution in [2.75, 3.05) is 7.11 Å². The van der Waals surface area contributed by atoms with Crippen molar-refractivity contribution < 1.29 is 22.7 Å². The first-order chi connectivity index (χ1) is 8.33. The van der Waals surface area contributed by atoms with Crippen molar-refractivity contribution in [2.45, 2.75) is 31.4 Å². The summed E-state index contributed by atoms with van der Waals surface area (Å²) in [6, 6.07) is 3.84. The molecule has 5 heteroatoms. The number of Topliss-reactive ketones (excluding diaryl/α,β-unsaturated/α-hetero) is 1. The molecule has 2 nitrogen and oxygen atoms in total. The number of hydrogen-bond acceptors (Lipinski definition) is 2. The van der Waals surface area contributed by atoms with Gasteiger partial charge in [-0.15, -0.1) is 0 Å². The Hall–Kier alpha value is -1.52. The quantitative estimate of drug-likeness (QED) is 0.831. The molecule has 1 saturated carbocycles. The number of ether oxygens (including phenoxy) is 1. The molecule has 0 aromatic heterocycles. The van der Waals surface area contributed by atoms with E-state index in [1.807, 2.05) is 0 Å². The lowest BCUT2D eigenvalue weighted by atomic mass is 9.89. The fourth-order valence-electron chi connectivity index (χ4n) is 2.29. The molecule has 1 fully saturated rings. The summed E-state index contributed by atoms with van der Waals surface area (Å²) in [5.41, 5.74) is -1.24. The maximum Gasteiger partial charge on any atom is 0.419 e. The van der Waals surface area contributed by atoms with E-state index in [1.165, 1.54) is 20.1 Å². The van der Waals surface area contributed by atoms with Crippen LogP contribution >= 0.6 is 0 Å². The van der Waals surface area contributed by atoms with Crippen LogP contribution in [0.25, 0.3) is 0 Å². The number of hydrogen-bond donors (Lipinski definition) is 0. The minimum absolute atomic E-state index is 0.111. The van der Waals surface area contributed by atoms with E-state index < -0.39 is 17.2 Å². The second kappa shape index (κ2) is 4.00. The summed E-state index contributed by atoms with van der Waals surface area (Å²) >= 11 is 0. The molecule has 0 unspecified atom stereocenters. The molecule has 0 bridgehead atoms. The largest absolute Gasteiger partial charge is 0.496 e. The second-order valence-electron chi connectivity index (χ2n) is 4.52. The van der Waals surface area contributed by atoms with E-state index >= 15 is 0 Å². The lowest BCUT2D eigenvalue weighted by Crippen LogP contribution is -2.20. The topological polar surface area (TPSA) is 26.3 Å². The van der Waals surface area contributed by atoms with Crippen LogP contribution in [0.3, 0.4) is 0 Å². The molecule has 0 heterocycles. The van der Waals surface area contributed by atoms with E-state index in [2.05, 4.69) is 0 Å². The zero-order chi connectivity index (χ0) is 13.6. The van der Waals surface area contributed by atoms with Gasteiger partial charge < -0.3 is 4.74 Å². The predicted molar refractivity (Wildman–Crippen MR) is 59.6 cm³/mol. The number of rotatable bonds is 3. The van der Waals surface area contributed by atoms with Crippen molar-refractivity contribution >= 4 is 5.78 Å². The molecule has 0 saturated heterocycles. The van der Waals surface area contributed by atoms with Gasteiger partial charge in [-0.2, -0.15) is 13.2 Å². The van der Waals surface area contributed by atoms with Crippen LogP contribution < -0.4 is 4.74 Å². The van der Waals surface area contributed by atoms with Gasteiger partial charge in [0.25, 0.3) is 0 Å². The fourth-order valence-corrected chi connectivity index (χ4v) is 2.29. The standard InChI is InChI=1S/C13H13F3O2/c1-8(17)12(6-7-12)9-4-3-5-10(11(9)18-2)13(14,15)16/h3-5H,6-7H2,1-2H3. The molecular weight excluding hydrogens is 245 g/mol. The molecule has 1 aliphatic rings.